The van der Waals surface area contributed by atoms with Gasteiger partial charge in [-0.3, -0.25) is 4.79 Å². The topological polar surface area (TPSA) is 76.0 Å². The molecule has 33 heavy (non-hydrogen) atoms. The number of hydrogen-bond acceptors (Lipinski definition) is 6. The fourth-order valence-electron chi connectivity index (χ4n) is 3.53. The Labute approximate surface area is 193 Å². The number of rotatable bonds is 9. The molecule has 0 atom stereocenters. The average Bonchev–Trinajstić information content (AvgIpc) is 3.37. The summed E-state index contributed by atoms with van der Waals surface area (Å²) in [4.78, 5) is 19.7. The Morgan fingerprint density at radius 3 is 2.79 bits per heavy atom. The third kappa shape index (κ3) is 5.96. The molecule has 0 radical (unpaired) electrons. The van der Waals surface area contributed by atoms with E-state index in [0.717, 1.165) is 41.6 Å². The van der Waals surface area contributed by atoms with Crippen molar-refractivity contribution in [2.75, 3.05) is 33.9 Å². The highest BCUT2D eigenvalue weighted by Gasteiger charge is 2.17. The SMILES string of the molecule is CN(C)CCCOc1ccc(/C=N/NC(=O)c2cc(C3=CCCO3)nc3ccccc23)cc1. The zero-order valence-electron chi connectivity index (χ0n) is 19.0. The molecule has 170 valence electrons. The number of fused-ring (bicyclic) bond motifs is 1. The van der Waals surface area contributed by atoms with Crippen LogP contribution in [0.3, 0.4) is 0 Å². The summed E-state index contributed by atoms with van der Waals surface area (Å²) >= 11 is 0. The van der Waals surface area contributed by atoms with Crippen LogP contribution in [0.4, 0.5) is 0 Å². The maximum atomic E-state index is 12.9. The Kier molecular flexibility index (Phi) is 7.32. The van der Waals surface area contributed by atoms with Crippen LogP contribution in [-0.2, 0) is 4.74 Å². The largest absolute Gasteiger partial charge is 0.494 e. The molecule has 1 aliphatic rings. The number of hydrogen-bond donors (Lipinski definition) is 1. The summed E-state index contributed by atoms with van der Waals surface area (Å²) in [5.41, 5.74) is 5.39. The highest BCUT2D eigenvalue weighted by Crippen LogP contribution is 2.25. The van der Waals surface area contributed by atoms with Gasteiger partial charge in [-0.25, -0.2) is 10.4 Å². The van der Waals surface area contributed by atoms with Gasteiger partial charge in [0.25, 0.3) is 5.91 Å². The first-order chi connectivity index (χ1) is 16.1. The molecule has 7 nitrogen and oxygen atoms in total. The van der Waals surface area contributed by atoms with E-state index in [1.54, 1.807) is 12.3 Å². The number of nitrogens with zero attached hydrogens (tertiary/aromatic N) is 3. The van der Waals surface area contributed by atoms with Gasteiger partial charge in [0, 0.05) is 18.4 Å². The number of carbonyl (C=O) groups excluding carboxylic acids is 1. The minimum absolute atomic E-state index is 0.300. The Balaban J connectivity index is 1.41. The van der Waals surface area contributed by atoms with E-state index >= 15 is 0 Å². The molecule has 7 heteroatoms. The lowest BCUT2D eigenvalue weighted by Crippen LogP contribution is -2.18. The van der Waals surface area contributed by atoms with Gasteiger partial charge in [0.15, 0.2) is 0 Å². The van der Waals surface area contributed by atoms with Crippen molar-refractivity contribution >= 4 is 28.8 Å². The first-order valence-electron chi connectivity index (χ1n) is 11.0. The van der Waals surface area contributed by atoms with Crippen LogP contribution in [0, 0.1) is 0 Å². The van der Waals surface area contributed by atoms with Gasteiger partial charge >= 0.3 is 0 Å². The normalized spacial score (nSPS) is 13.4. The monoisotopic (exact) mass is 444 g/mol. The summed E-state index contributed by atoms with van der Waals surface area (Å²) in [6.45, 7) is 2.30. The molecule has 1 aliphatic heterocycles. The maximum Gasteiger partial charge on any atom is 0.272 e. The standard InChI is InChI=1S/C26H28N4O3/c1-30(2)14-6-16-32-20-12-10-19(11-13-20)18-27-29-26(31)22-17-24(25-9-5-15-33-25)28-23-8-4-3-7-21(22)23/h3-4,7-13,17-18H,5-6,14-16H2,1-2H3,(H,29,31)/b27-18+. The highest BCUT2D eigenvalue weighted by atomic mass is 16.5. The number of pyridine rings is 1. The van der Waals surface area contributed by atoms with Gasteiger partial charge in [-0.05, 0) is 68.6 Å². The van der Waals surface area contributed by atoms with Crippen molar-refractivity contribution in [2.24, 2.45) is 5.10 Å². The zero-order valence-corrected chi connectivity index (χ0v) is 19.0. The van der Waals surface area contributed by atoms with Crippen molar-refractivity contribution in [3.63, 3.8) is 0 Å². The molecule has 0 saturated carbocycles. The molecule has 1 aromatic heterocycles. The first kappa shape index (κ1) is 22.5. The second-order valence-corrected chi connectivity index (χ2v) is 8.05. The minimum atomic E-state index is -0.300. The Hall–Kier alpha value is -3.71. The van der Waals surface area contributed by atoms with Gasteiger partial charge in [0.1, 0.15) is 17.2 Å². The number of ether oxygens (including phenoxy) is 2. The minimum Gasteiger partial charge on any atom is -0.494 e. The van der Waals surface area contributed by atoms with Crippen LogP contribution in [0.1, 0.15) is 34.5 Å². The van der Waals surface area contributed by atoms with Crippen LogP contribution in [-0.4, -0.2) is 55.9 Å². The molecule has 0 saturated heterocycles. The van der Waals surface area contributed by atoms with Gasteiger partial charge in [-0.2, -0.15) is 5.10 Å². The number of benzene rings is 2. The Morgan fingerprint density at radius 1 is 1.21 bits per heavy atom. The van der Waals surface area contributed by atoms with Crippen molar-refractivity contribution in [2.45, 2.75) is 12.8 Å². The maximum absolute atomic E-state index is 12.9. The molecule has 2 aromatic carbocycles. The van der Waals surface area contributed by atoms with Crippen molar-refractivity contribution in [1.82, 2.24) is 15.3 Å². The van der Waals surface area contributed by atoms with E-state index in [-0.39, 0.29) is 5.91 Å². The van der Waals surface area contributed by atoms with Crippen LogP contribution in [0.25, 0.3) is 16.7 Å². The van der Waals surface area contributed by atoms with E-state index in [2.05, 4.69) is 20.4 Å². The quantitative estimate of drug-likeness (QED) is 0.306. The van der Waals surface area contributed by atoms with Crippen LogP contribution < -0.4 is 10.2 Å². The summed E-state index contributed by atoms with van der Waals surface area (Å²) in [5.74, 6) is 1.22. The van der Waals surface area contributed by atoms with Gasteiger partial charge in [0.05, 0.1) is 30.5 Å². The van der Waals surface area contributed by atoms with E-state index in [1.807, 2.05) is 68.7 Å². The summed E-state index contributed by atoms with van der Waals surface area (Å²) < 4.78 is 11.4. The summed E-state index contributed by atoms with van der Waals surface area (Å²) in [6, 6.07) is 16.9. The number of hydrazone groups is 1. The average molecular weight is 445 g/mol. The first-order valence-corrected chi connectivity index (χ1v) is 11.0. The lowest BCUT2D eigenvalue weighted by Gasteiger charge is -2.10. The highest BCUT2D eigenvalue weighted by molar-refractivity contribution is 6.06. The molecule has 1 amide bonds. The van der Waals surface area contributed by atoms with E-state index < -0.39 is 0 Å². The molecule has 0 spiro atoms. The van der Waals surface area contributed by atoms with Crippen molar-refractivity contribution in [3.8, 4) is 5.75 Å². The predicted molar refractivity (Wildman–Crippen MR) is 130 cm³/mol. The Bertz CT molecular complexity index is 1170. The van der Waals surface area contributed by atoms with Crippen LogP contribution in [0.5, 0.6) is 5.75 Å². The van der Waals surface area contributed by atoms with Crippen molar-refractivity contribution in [3.05, 3.63) is 77.5 Å². The third-order valence-corrected chi connectivity index (χ3v) is 5.20. The fraction of sp³-hybridized carbons (Fsp3) is 0.269. The molecule has 1 N–H and O–H groups in total. The molecule has 0 bridgehead atoms. The number of amides is 1. The number of nitrogens with one attached hydrogen (secondary N) is 1. The van der Waals surface area contributed by atoms with E-state index in [9.17, 15) is 4.79 Å². The fourth-order valence-corrected chi connectivity index (χ4v) is 3.53. The lowest BCUT2D eigenvalue weighted by atomic mass is 10.1. The van der Waals surface area contributed by atoms with E-state index in [0.29, 0.717) is 30.2 Å². The molecular formula is C26H28N4O3. The molecule has 2 heterocycles. The van der Waals surface area contributed by atoms with Crippen LogP contribution in [0.15, 0.2) is 65.8 Å². The summed E-state index contributed by atoms with van der Waals surface area (Å²) in [6.07, 6.45) is 5.42. The molecular weight excluding hydrogens is 416 g/mol. The predicted octanol–water partition coefficient (Wildman–Crippen LogP) is 4.09. The molecule has 0 aliphatic carbocycles. The zero-order chi connectivity index (χ0) is 23.0. The van der Waals surface area contributed by atoms with Crippen molar-refractivity contribution in [1.29, 1.82) is 0 Å². The van der Waals surface area contributed by atoms with Crippen LogP contribution >= 0.6 is 0 Å². The van der Waals surface area contributed by atoms with Gasteiger partial charge < -0.3 is 14.4 Å². The second-order valence-electron chi connectivity index (χ2n) is 8.05. The van der Waals surface area contributed by atoms with Gasteiger partial charge in [0.2, 0.25) is 0 Å². The Morgan fingerprint density at radius 2 is 2.03 bits per heavy atom. The molecule has 4 rings (SSSR count). The van der Waals surface area contributed by atoms with E-state index in [1.165, 1.54) is 0 Å². The second kappa shape index (κ2) is 10.7. The molecule has 0 unspecified atom stereocenters. The van der Waals surface area contributed by atoms with E-state index in [4.69, 9.17) is 9.47 Å². The molecule has 0 fully saturated rings. The smallest absolute Gasteiger partial charge is 0.272 e. The molecule has 3 aromatic rings. The number of aromatic nitrogens is 1. The van der Waals surface area contributed by atoms with Crippen molar-refractivity contribution < 1.29 is 14.3 Å². The number of para-hydroxylation sites is 1. The van der Waals surface area contributed by atoms with Crippen LogP contribution in [0.2, 0.25) is 0 Å². The van der Waals surface area contributed by atoms with Gasteiger partial charge in [-0.1, -0.05) is 18.2 Å². The summed E-state index contributed by atoms with van der Waals surface area (Å²) in [5, 5.41) is 4.91. The third-order valence-electron chi connectivity index (χ3n) is 5.20. The number of carbonyl (C=O) groups is 1. The lowest BCUT2D eigenvalue weighted by molar-refractivity contribution is 0.0956. The summed E-state index contributed by atoms with van der Waals surface area (Å²) in [7, 11) is 4.09. The van der Waals surface area contributed by atoms with Gasteiger partial charge in [-0.15, -0.1) is 0 Å².